The molecule has 4 amide bonds. The van der Waals surface area contributed by atoms with Crippen LogP contribution in [0.15, 0.2) is 66.0 Å². The van der Waals surface area contributed by atoms with Gasteiger partial charge in [-0.3, -0.25) is 9.59 Å². The smallest absolute Gasteiger partial charge is 0.332 e. The summed E-state index contributed by atoms with van der Waals surface area (Å²) in [7, 11) is 1.53. The van der Waals surface area contributed by atoms with E-state index in [2.05, 4.69) is 5.32 Å². The van der Waals surface area contributed by atoms with Gasteiger partial charge in [0.1, 0.15) is 11.8 Å². The molecule has 2 heterocycles. The van der Waals surface area contributed by atoms with Crippen LogP contribution in [0.25, 0.3) is 0 Å². The van der Waals surface area contributed by atoms with Gasteiger partial charge in [-0.05, 0) is 54.6 Å². The third-order valence-electron chi connectivity index (χ3n) is 5.61. The SMILES string of the molecule is COc1cccc(N2C(=O)[C@@H](CC(=O)Nc3ccccc3)N(CCc3sccc3C)C2=O)c1. The molecular weight excluding hydrogens is 438 g/mol. The average molecular weight is 464 g/mol. The van der Waals surface area contributed by atoms with E-state index >= 15 is 0 Å². The van der Waals surface area contributed by atoms with Crippen LogP contribution < -0.4 is 15.0 Å². The van der Waals surface area contributed by atoms with E-state index in [1.165, 1.54) is 12.0 Å². The number of para-hydroxylation sites is 1. The van der Waals surface area contributed by atoms with E-state index < -0.39 is 18.0 Å². The van der Waals surface area contributed by atoms with Gasteiger partial charge in [0, 0.05) is 23.2 Å². The molecule has 0 saturated carbocycles. The minimum absolute atomic E-state index is 0.122. The zero-order valence-corrected chi connectivity index (χ0v) is 19.3. The van der Waals surface area contributed by atoms with Gasteiger partial charge in [-0.15, -0.1) is 11.3 Å². The predicted octanol–water partition coefficient (Wildman–Crippen LogP) is 4.47. The fraction of sp³-hybridized carbons (Fsp3) is 0.240. The standard InChI is InChI=1S/C25H25N3O4S/c1-17-12-14-33-22(17)11-13-27-21(16-23(29)26-18-7-4-3-5-8-18)24(30)28(25(27)31)19-9-6-10-20(15-19)32-2/h3-10,12,14-15,21H,11,13,16H2,1-2H3,(H,26,29)/t21-/m1/s1. The van der Waals surface area contributed by atoms with Crippen LogP contribution in [0, 0.1) is 6.92 Å². The highest BCUT2D eigenvalue weighted by Crippen LogP contribution is 2.30. The molecule has 1 saturated heterocycles. The number of nitrogens with zero attached hydrogens (tertiary/aromatic N) is 2. The molecule has 3 aromatic rings. The third kappa shape index (κ3) is 4.90. The van der Waals surface area contributed by atoms with Gasteiger partial charge in [0.2, 0.25) is 5.91 Å². The number of urea groups is 1. The number of nitrogens with one attached hydrogen (secondary N) is 1. The van der Waals surface area contributed by atoms with Crippen molar-refractivity contribution >= 4 is 40.6 Å². The molecule has 1 aliphatic heterocycles. The maximum absolute atomic E-state index is 13.4. The Hall–Kier alpha value is -3.65. The van der Waals surface area contributed by atoms with E-state index in [1.54, 1.807) is 47.7 Å². The highest BCUT2D eigenvalue weighted by atomic mass is 32.1. The first-order valence-electron chi connectivity index (χ1n) is 10.6. The molecule has 0 radical (unpaired) electrons. The molecule has 2 aromatic carbocycles. The highest BCUT2D eigenvalue weighted by molar-refractivity contribution is 7.10. The second-order valence-corrected chi connectivity index (χ2v) is 8.76. The predicted molar refractivity (Wildman–Crippen MR) is 129 cm³/mol. The Morgan fingerprint density at radius 2 is 1.88 bits per heavy atom. The van der Waals surface area contributed by atoms with Crippen LogP contribution in [-0.2, 0) is 16.0 Å². The van der Waals surface area contributed by atoms with Crippen molar-refractivity contribution in [3.8, 4) is 5.75 Å². The van der Waals surface area contributed by atoms with E-state index in [0.717, 1.165) is 15.3 Å². The normalized spacial score (nSPS) is 15.8. The molecule has 8 heteroatoms. The van der Waals surface area contributed by atoms with Gasteiger partial charge in [-0.2, -0.15) is 0 Å². The molecule has 4 rings (SSSR count). The molecule has 0 aliphatic carbocycles. The number of carbonyl (C=O) groups is 3. The number of hydrogen-bond acceptors (Lipinski definition) is 5. The van der Waals surface area contributed by atoms with Crippen molar-refractivity contribution in [2.75, 3.05) is 23.9 Å². The van der Waals surface area contributed by atoms with Crippen LogP contribution in [-0.4, -0.2) is 42.4 Å². The van der Waals surface area contributed by atoms with Crippen LogP contribution >= 0.6 is 11.3 Å². The largest absolute Gasteiger partial charge is 0.497 e. The Morgan fingerprint density at radius 3 is 2.58 bits per heavy atom. The summed E-state index contributed by atoms with van der Waals surface area (Å²) < 4.78 is 5.25. The topological polar surface area (TPSA) is 79.0 Å². The van der Waals surface area contributed by atoms with Crippen molar-refractivity contribution in [3.05, 3.63) is 76.5 Å². The molecule has 0 unspecified atom stereocenters. The van der Waals surface area contributed by atoms with Gasteiger partial charge in [0.05, 0.1) is 19.2 Å². The first-order chi connectivity index (χ1) is 16.0. The summed E-state index contributed by atoms with van der Waals surface area (Å²) in [5, 5.41) is 4.82. The summed E-state index contributed by atoms with van der Waals surface area (Å²) in [4.78, 5) is 43.3. The molecule has 0 spiro atoms. The van der Waals surface area contributed by atoms with Gasteiger partial charge in [-0.1, -0.05) is 24.3 Å². The summed E-state index contributed by atoms with van der Waals surface area (Å²) in [6.07, 6.45) is 0.495. The fourth-order valence-electron chi connectivity index (χ4n) is 3.87. The lowest BCUT2D eigenvalue weighted by Gasteiger charge is -2.21. The number of benzene rings is 2. The van der Waals surface area contributed by atoms with E-state index in [0.29, 0.717) is 30.1 Å². The van der Waals surface area contributed by atoms with Crippen LogP contribution in [0.2, 0.25) is 0 Å². The quantitative estimate of drug-likeness (QED) is 0.500. The monoisotopic (exact) mass is 463 g/mol. The molecule has 170 valence electrons. The number of thiophene rings is 1. The molecule has 1 fully saturated rings. The fourth-order valence-corrected chi connectivity index (χ4v) is 4.77. The summed E-state index contributed by atoms with van der Waals surface area (Å²) in [6, 6.07) is 16.6. The lowest BCUT2D eigenvalue weighted by molar-refractivity contribution is -0.124. The van der Waals surface area contributed by atoms with E-state index in [9.17, 15) is 14.4 Å². The second-order valence-electron chi connectivity index (χ2n) is 7.76. The van der Waals surface area contributed by atoms with Gasteiger partial charge in [-0.25, -0.2) is 9.69 Å². The van der Waals surface area contributed by atoms with Crippen LogP contribution in [0.1, 0.15) is 16.9 Å². The van der Waals surface area contributed by atoms with Gasteiger partial charge in [0.15, 0.2) is 0 Å². The Kier molecular flexibility index (Phi) is 6.74. The molecule has 7 nitrogen and oxygen atoms in total. The Morgan fingerprint density at radius 1 is 1.09 bits per heavy atom. The molecule has 1 aromatic heterocycles. The molecule has 33 heavy (non-hydrogen) atoms. The highest BCUT2D eigenvalue weighted by Gasteiger charge is 2.46. The lowest BCUT2D eigenvalue weighted by Crippen LogP contribution is -2.39. The van der Waals surface area contributed by atoms with Crippen LogP contribution in [0.5, 0.6) is 5.75 Å². The molecule has 0 bridgehead atoms. The van der Waals surface area contributed by atoms with Crippen LogP contribution in [0.4, 0.5) is 16.2 Å². The Bertz CT molecular complexity index is 1160. The van der Waals surface area contributed by atoms with Crippen molar-refractivity contribution in [2.45, 2.75) is 25.8 Å². The maximum atomic E-state index is 13.4. The van der Waals surface area contributed by atoms with Gasteiger partial charge >= 0.3 is 6.03 Å². The average Bonchev–Trinajstić information content (AvgIpc) is 3.33. The van der Waals surface area contributed by atoms with Crippen LogP contribution in [0.3, 0.4) is 0 Å². The Labute approximate surface area is 196 Å². The summed E-state index contributed by atoms with van der Waals surface area (Å²) in [5.74, 6) is -0.198. The first kappa shape index (κ1) is 22.5. The maximum Gasteiger partial charge on any atom is 0.332 e. The summed E-state index contributed by atoms with van der Waals surface area (Å²) in [6.45, 7) is 2.37. The zero-order chi connectivity index (χ0) is 23.4. The summed E-state index contributed by atoms with van der Waals surface area (Å²) >= 11 is 1.62. The van der Waals surface area contributed by atoms with Crippen molar-refractivity contribution < 1.29 is 19.1 Å². The lowest BCUT2D eigenvalue weighted by atomic mass is 10.1. The molecule has 1 N–H and O–H groups in total. The number of imide groups is 1. The van der Waals surface area contributed by atoms with Crippen molar-refractivity contribution in [2.24, 2.45) is 0 Å². The number of methoxy groups -OCH3 is 1. The number of rotatable bonds is 8. The first-order valence-corrected chi connectivity index (χ1v) is 11.5. The summed E-state index contributed by atoms with van der Waals surface area (Å²) in [5.41, 5.74) is 2.22. The van der Waals surface area contributed by atoms with Gasteiger partial charge < -0.3 is 15.0 Å². The van der Waals surface area contributed by atoms with Crippen molar-refractivity contribution in [1.82, 2.24) is 4.90 Å². The third-order valence-corrected chi connectivity index (χ3v) is 6.70. The minimum atomic E-state index is -0.882. The number of carbonyl (C=O) groups excluding carboxylic acids is 3. The number of aryl methyl sites for hydroxylation is 1. The number of hydrogen-bond donors (Lipinski definition) is 1. The van der Waals surface area contributed by atoms with Gasteiger partial charge in [0.25, 0.3) is 5.91 Å². The molecule has 1 aliphatic rings. The van der Waals surface area contributed by atoms with Crippen molar-refractivity contribution in [3.63, 3.8) is 0 Å². The minimum Gasteiger partial charge on any atom is -0.497 e. The zero-order valence-electron chi connectivity index (χ0n) is 18.5. The van der Waals surface area contributed by atoms with E-state index in [4.69, 9.17) is 4.74 Å². The number of ether oxygens (including phenoxy) is 1. The molecule has 1 atom stereocenters. The van der Waals surface area contributed by atoms with E-state index in [1.807, 2.05) is 36.6 Å². The van der Waals surface area contributed by atoms with Crippen molar-refractivity contribution in [1.29, 1.82) is 0 Å². The van der Waals surface area contributed by atoms with E-state index in [-0.39, 0.29) is 12.3 Å². The molecular formula is C25H25N3O4S. The second kappa shape index (κ2) is 9.87. The number of anilines is 2. The number of amides is 4. The Balaban J connectivity index is 1.58.